The van der Waals surface area contributed by atoms with Gasteiger partial charge in [-0.25, -0.2) is 0 Å². The number of thioether (sulfide) groups is 1. The summed E-state index contributed by atoms with van der Waals surface area (Å²) in [5.41, 5.74) is 1.27. The normalized spacial score (nSPS) is 34.3. The summed E-state index contributed by atoms with van der Waals surface area (Å²) in [5, 5.41) is -0.0267. The van der Waals surface area contributed by atoms with Crippen LogP contribution < -0.4 is 14.2 Å². The van der Waals surface area contributed by atoms with Crippen LogP contribution in [-0.4, -0.2) is 44.4 Å². The molecule has 1 heterocycles. The molecule has 6 heteroatoms. The summed E-state index contributed by atoms with van der Waals surface area (Å²) in [6.07, 6.45) is 8.79. The summed E-state index contributed by atoms with van der Waals surface area (Å²) in [6.45, 7) is 0.804. The summed E-state index contributed by atoms with van der Waals surface area (Å²) >= 11 is 1.82. The zero-order chi connectivity index (χ0) is 20.9. The molecule has 1 aromatic carbocycles. The number of carbonyl (C=O) groups excluding carboxylic acids is 1. The smallest absolute Gasteiger partial charge is 0.224 e. The second-order valence-corrected chi connectivity index (χ2v) is 11.0. The quantitative estimate of drug-likeness (QED) is 0.642. The Kier molecular flexibility index (Phi) is 5.32. The van der Waals surface area contributed by atoms with Crippen molar-refractivity contribution in [2.45, 2.75) is 50.3 Å². The summed E-state index contributed by atoms with van der Waals surface area (Å²) < 4.78 is 16.6. The molecular weight excluding hydrogens is 398 g/mol. The standard InChI is InChI=1S/C24H33NO4S/c1-27-19-10-21(29-3)20(28-2)9-18(19)23-25(4-5-30-23)22(26)14-24-11-15-6-16(12-24)8-17(7-15)13-24/h9-10,15-17,23H,4-8,11-14H2,1-3H3. The molecule has 0 spiro atoms. The van der Waals surface area contributed by atoms with Gasteiger partial charge in [-0.1, -0.05) is 0 Å². The second kappa shape index (κ2) is 7.85. The summed E-state index contributed by atoms with van der Waals surface area (Å²) in [6, 6.07) is 3.85. The van der Waals surface area contributed by atoms with Gasteiger partial charge in [0.15, 0.2) is 11.5 Å². The molecular formula is C24H33NO4S. The predicted molar refractivity (Wildman–Crippen MR) is 118 cm³/mol. The van der Waals surface area contributed by atoms with Crippen molar-refractivity contribution in [2.75, 3.05) is 33.6 Å². The van der Waals surface area contributed by atoms with E-state index in [0.29, 0.717) is 17.4 Å². The van der Waals surface area contributed by atoms with Crippen LogP contribution in [0.15, 0.2) is 12.1 Å². The number of nitrogens with zero attached hydrogens (tertiary/aromatic N) is 1. The van der Waals surface area contributed by atoms with Gasteiger partial charge in [-0.3, -0.25) is 4.79 Å². The van der Waals surface area contributed by atoms with Gasteiger partial charge < -0.3 is 19.1 Å². The molecule has 30 heavy (non-hydrogen) atoms. The zero-order valence-corrected chi connectivity index (χ0v) is 19.1. The van der Waals surface area contributed by atoms with E-state index in [9.17, 15) is 4.79 Å². The fourth-order valence-corrected chi connectivity index (χ4v) is 8.45. The summed E-state index contributed by atoms with van der Waals surface area (Å²) in [7, 11) is 4.94. The number of benzene rings is 1. The Morgan fingerprint density at radius 2 is 1.53 bits per heavy atom. The maximum atomic E-state index is 13.6. The second-order valence-electron chi connectivity index (χ2n) is 9.85. The topological polar surface area (TPSA) is 48.0 Å². The van der Waals surface area contributed by atoms with Gasteiger partial charge in [0.05, 0.1) is 21.3 Å². The molecule has 5 aliphatic rings. The number of ether oxygens (including phenoxy) is 3. The lowest BCUT2D eigenvalue weighted by Gasteiger charge is -2.57. The van der Waals surface area contributed by atoms with E-state index in [4.69, 9.17) is 14.2 Å². The van der Waals surface area contributed by atoms with E-state index < -0.39 is 0 Å². The maximum Gasteiger partial charge on any atom is 0.224 e. The minimum atomic E-state index is -0.0267. The van der Waals surface area contributed by atoms with Crippen LogP contribution in [0.5, 0.6) is 17.2 Å². The Morgan fingerprint density at radius 3 is 2.10 bits per heavy atom. The molecule has 1 saturated heterocycles. The van der Waals surface area contributed by atoms with Crippen LogP contribution in [0.1, 0.15) is 55.9 Å². The lowest BCUT2D eigenvalue weighted by molar-refractivity contribution is -0.139. The molecule has 0 N–H and O–H groups in total. The zero-order valence-electron chi connectivity index (χ0n) is 18.3. The first-order valence-corrected chi connectivity index (χ1v) is 12.3. The average Bonchev–Trinajstić information content (AvgIpc) is 3.21. The highest BCUT2D eigenvalue weighted by atomic mass is 32.2. The minimum Gasteiger partial charge on any atom is -0.496 e. The monoisotopic (exact) mass is 431 g/mol. The molecule has 164 valence electrons. The molecule has 0 aromatic heterocycles. The third-order valence-electron chi connectivity index (χ3n) is 7.90. The van der Waals surface area contributed by atoms with Gasteiger partial charge in [0.1, 0.15) is 11.1 Å². The fourth-order valence-electron chi connectivity index (χ4n) is 7.16. The molecule has 5 fully saturated rings. The Bertz CT molecular complexity index is 790. The van der Waals surface area contributed by atoms with E-state index in [1.165, 1.54) is 38.5 Å². The van der Waals surface area contributed by atoms with Crippen LogP contribution in [0.25, 0.3) is 0 Å². The number of methoxy groups -OCH3 is 3. The first-order chi connectivity index (χ1) is 14.5. The van der Waals surface area contributed by atoms with Crippen LogP contribution >= 0.6 is 11.8 Å². The Balaban J connectivity index is 1.38. The van der Waals surface area contributed by atoms with E-state index in [-0.39, 0.29) is 10.8 Å². The van der Waals surface area contributed by atoms with Crippen molar-refractivity contribution in [3.05, 3.63) is 17.7 Å². The number of amides is 1. The van der Waals surface area contributed by atoms with Crippen molar-refractivity contribution in [2.24, 2.45) is 23.2 Å². The Morgan fingerprint density at radius 1 is 0.967 bits per heavy atom. The lowest BCUT2D eigenvalue weighted by Crippen LogP contribution is -2.48. The van der Waals surface area contributed by atoms with Gasteiger partial charge in [0, 0.05) is 30.3 Å². The Hall–Kier alpha value is -1.56. The van der Waals surface area contributed by atoms with Crippen LogP contribution in [0.3, 0.4) is 0 Å². The van der Waals surface area contributed by atoms with Crippen molar-refractivity contribution in [3.8, 4) is 17.2 Å². The largest absolute Gasteiger partial charge is 0.496 e. The van der Waals surface area contributed by atoms with Gasteiger partial charge in [0.2, 0.25) is 5.91 Å². The molecule has 1 aromatic rings. The summed E-state index contributed by atoms with van der Waals surface area (Å²) in [4.78, 5) is 15.7. The van der Waals surface area contributed by atoms with Crippen molar-refractivity contribution in [1.82, 2.24) is 4.90 Å². The van der Waals surface area contributed by atoms with E-state index in [0.717, 1.165) is 47.8 Å². The molecule has 6 rings (SSSR count). The number of rotatable bonds is 6. The van der Waals surface area contributed by atoms with E-state index in [1.807, 2.05) is 23.9 Å². The molecule has 4 aliphatic carbocycles. The minimum absolute atomic E-state index is 0.0267. The molecule has 1 aliphatic heterocycles. The predicted octanol–water partition coefficient (Wildman–Crippen LogP) is 4.89. The molecule has 1 atom stereocenters. The average molecular weight is 432 g/mol. The Labute approximate surface area is 183 Å². The molecule has 1 unspecified atom stereocenters. The van der Waals surface area contributed by atoms with E-state index in [2.05, 4.69) is 4.90 Å². The first kappa shape index (κ1) is 20.3. The highest BCUT2D eigenvalue weighted by Gasteiger charge is 2.52. The van der Waals surface area contributed by atoms with Crippen LogP contribution in [0.4, 0.5) is 0 Å². The van der Waals surface area contributed by atoms with Crippen molar-refractivity contribution in [3.63, 3.8) is 0 Å². The number of hydrogen-bond donors (Lipinski definition) is 0. The third kappa shape index (κ3) is 3.45. The van der Waals surface area contributed by atoms with Crippen molar-refractivity contribution < 1.29 is 19.0 Å². The summed E-state index contributed by atoms with van der Waals surface area (Å²) in [5.74, 6) is 5.97. The fraction of sp³-hybridized carbons (Fsp3) is 0.708. The van der Waals surface area contributed by atoms with Crippen LogP contribution in [0.2, 0.25) is 0 Å². The highest BCUT2D eigenvalue weighted by molar-refractivity contribution is 7.99. The lowest BCUT2D eigenvalue weighted by atomic mass is 9.49. The van der Waals surface area contributed by atoms with Gasteiger partial charge in [0.25, 0.3) is 0 Å². The first-order valence-electron chi connectivity index (χ1n) is 11.2. The van der Waals surface area contributed by atoms with Gasteiger partial charge in [-0.05, 0) is 67.8 Å². The molecule has 4 saturated carbocycles. The molecule has 5 nitrogen and oxygen atoms in total. The maximum absolute atomic E-state index is 13.6. The van der Waals surface area contributed by atoms with E-state index >= 15 is 0 Å². The number of hydrogen-bond acceptors (Lipinski definition) is 5. The third-order valence-corrected chi connectivity index (χ3v) is 9.15. The SMILES string of the molecule is COc1cc(OC)c(C2SCCN2C(=O)CC23CC4CC(CC(C4)C2)C3)cc1OC. The van der Waals surface area contributed by atoms with Gasteiger partial charge in [-0.2, -0.15) is 0 Å². The van der Waals surface area contributed by atoms with Gasteiger partial charge in [-0.15, -0.1) is 11.8 Å². The van der Waals surface area contributed by atoms with Crippen LogP contribution in [0, 0.1) is 23.2 Å². The molecule has 4 bridgehead atoms. The van der Waals surface area contributed by atoms with Crippen LogP contribution in [-0.2, 0) is 4.79 Å². The molecule has 0 radical (unpaired) electrons. The van der Waals surface area contributed by atoms with E-state index in [1.54, 1.807) is 21.3 Å². The van der Waals surface area contributed by atoms with Gasteiger partial charge >= 0.3 is 0 Å². The van der Waals surface area contributed by atoms with Crippen molar-refractivity contribution >= 4 is 17.7 Å². The van der Waals surface area contributed by atoms with Crippen molar-refractivity contribution in [1.29, 1.82) is 0 Å². The number of carbonyl (C=O) groups is 1. The highest BCUT2D eigenvalue weighted by Crippen LogP contribution is 2.61. The molecule has 1 amide bonds.